The highest BCUT2D eigenvalue weighted by molar-refractivity contribution is 7.79. The van der Waals surface area contributed by atoms with Crippen molar-refractivity contribution in [3.8, 4) is 0 Å². The lowest BCUT2D eigenvalue weighted by Gasteiger charge is -1.95. The summed E-state index contributed by atoms with van der Waals surface area (Å²) in [5.41, 5.74) is 0. The second kappa shape index (κ2) is 6.24. The predicted molar refractivity (Wildman–Crippen MR) is 41.8 cm³/mol. The normalized spacial score (nSPS) is 20.4. The van der Waals surface area contributed by atoms with Crippen LogP contribution in [0.15, 0.2) is 0 Å². The van der Waals surface area contributed by atoms with Crippen molar-refractivity contribution in [2.24, 2.45) is 0 Å². The van der Waals surface area contributed by atoms with Gasteiger partial charge in [-0.25, -0.2) is 0 Å². The first kappa shape index (κ1) is 12.8. The molecule has 1 aliphatic rings. The molecule has 1 rings (SSSR count). The van der Waals surface area contributed by atoms with Gasteiger partial charge in [0.25, 0.3) is 0 Å². The monoisotopic (exact) mass is 216 g/mol. The largest absolute Gasteiger partial charge is 0.394 e. The number of aliphatic hydroxyl groups is 1. The summed E-state index contributed by atoms with van der Waals surface area (Å²) in [6.07, 6.45) is 0.321. The third-order valence-corrected chi connectivity index (χ3v) is 0.942. The van der Waals surface area contributed by atoms with Crippen molar-refractivity contribution in [1.82, 2.24) is 0 Å². The number of aliphatic hydroxyl groups excluding tert-OH is 1. The van der Waals surface area contributed by atoms with Gasteiger partial charge in [0.1, 0.15) is 6.10 Å². The third-order valence-electron chi connectivity index (χ3n) is 0.942. The zero-order valence-electron chi connectivity index (χ0n) is 6.79. The van der Waals surface area contributed by atoms with Crippen LogP contribution in [-0.2, 0) is 19.9 Å². The lowest BCUT2D eigenvalue weighted by molar-refractivity contribution is 0.0810. The number of hydrogen-bond donors (Lipinski definition) is 3. The van der Waals surface area contributed by atoms with Crippen LogP contribution in [-0.4, -0.2) is 55.2 Å². The summed E-state index contributed by atoms with van der Waals surface area (Å²) in [5, 5.41) is 8.23. The molecule has 13 heavy (non-hydrogen) atoms. The first-order valence-corrected chi connectivity index (χ1v) is 4.83. The summed E-state index contributed by atoms with van der Waals surface area (Å²) in [7, 11) is -4.67. The van der Waals surface area contributed by atoms with E-state index in [4.69, 9.17) is 32.1 Å². The van der Waals surface area contributed by atoms with Crippen LogP contribution in [0.4, 0.5) is 0 Å². The second-order valence-corrected chi connectivity index (χ2v) is 3.10. The molecule has 1 fully saturated rings. The third kappa shape index (κ3) is 18.6. The number of rotatable bonds is 4. The van der Waals surface area contributed by atoms with Crippen LogP contribution in [0.1, 0.15) is 0 Å². The lowest BCUT2D eigenvalue weighted by Crippen LogP contribution is -2.04. The van der Waals surface area contributed by atoms with Crippen molar-refractivity contribution in [3.63, 3.8) is 0 Å². The van der Waals surface area contributed by atoms with Gasteiger partial charge in [0.2, 0.25) is 0 Å². The molecular formula is C5H12O7S. The fourth-order valence-corrected chi connectivity index (χ4v) is 0.444. The van der Waals surface area contributed by atoms with Crippen molar-refractivity contribution in [2.45, 2.75) is 6.10 Å². The highest BCUT2D eigenvalue weighted by Gasteiger charge is 2.21. The first-order valence-electron chi connectivity index (χ1n) is 3.43. The first-order chi connectivity index (χ1) is 5.93. The van der Waals surface area contributed by atoms with E-state index in [0.717, 1.165) is 6.61 Å². The van der Waals surface area contributed by atoms with Crippen LogP contribution in [0.5, 0.6) is 0 Å². The van der Waals surface area contributed by atoms with Gasteiger partial charge in [0, 0.05) is 0 Å². The van der Waals surface area contributed by atoms with Crippen LogP contribution in [0.2, 0.25) is 0 Å². The summed E-state index contributed by atoms with van der Waals surface area (Å²) in [4.78, 5) is 0. The molecular weight excluding hydrogens is 204 g/mol. The highest BCUT2D eigenvalue weighted by Crippen LogP contribution is 2.07. The van der Waals surface area contributed by atoms with Gasteiger partial charge in [-0.1, -0.05) is 0 Å². The fourth-order valence-electron chi connectivity index (χ4n) is 0.444. The Hall–Kier alpha value is -0.250. The van der Waals surface area contributed by atoms with Crippen molar-refractivity contribution in [3.05, 3.63) is 0 Å². The molecule has 1 unspecified atom stereocenters. The average molecular weight is 216 g/mol. The van der Waals surface area contributed by atoms with Crippen LogP contribution >= 0.6 is 0 Å². The molecule has 0 aromatic carbocycles. The maximum absolute atomic E-state index is 8.74. The van der Waals surface area contributed by atoms with Gasteiger partial charge < -0.3 is 14.6 Å². The molecule has 0 amide bonds. The van der Waals surface area contributed by atoms with E-state index >= 15 is 0 Å². The van der Waals surface area contributed by atoms with Gasteiger partial charge >= 0.3 is 10.4 Å². The molecule has 0 saturated carbocycles. The molecule has 0 bridgehead atoms. The summed E-state index contributed by atoms with van der Waals surface area (Å²) >= 11 is 0. The van der Waals surface area contributed by atoms with Gasteiger partial charge in [-0.05, 0) is 0 Å². The van der Waals surface area contributed by atoms with E-state index in [0.29, 0.717) is 19.3 Å². The minimum Gasteiger partial charge on any atom is -0.394 e. The Balaban J connectivity index is 0.000000252. The standard InChI is InChI=1S/C5H10O3.H2O4S/c6-1-2-7-3-5-4-8-5;1-5(2,3)4/h5-6H,1-4H2;(H2,1,2,3,4). The molecule has 1 saturated heterocycles. The Morgan fingerprint density at radius 3 is 2.23 bits per heavy atom. The fraction of sp³-hybridized carbons (Fsp3) is 1.00. The molecule has 8 heteroatoms. The van der Waals surface area contributed by atoms with E-state index in [9.17, 15) is 0 Å². The number of ether oxygens (including phenoxy) is 2. The Morgan fingerprint density at radius 2 is 1.92 bits per heavy atom. The molecule has 3 N–H and O–H groups in total. The molecule has 80 valence electrons. The maximum atomic E-state index is 8.74. The molecule has 0 aliphatic carbocycles. The second-order valence-electron chi connectivity index (χ2n) is 2.20. The zero-order chi connectivity index (χ0) is 10.3. The van der Waals surface area contributed by atoms with E-state index in [1.165, 1.54) is 0 Å². The average Bonchev–Trinajstić information content (AvgIpc) is 2.68. The Labute approximate surface area is 75.9 Å². The van der Waals surface area contributed by atoms with E-state index in [2.05, 4.69) is 0 Å². The minimum atomic E-state index is -4.67. The highest BCUT2D eigenvalue weighted by atomic mass is 32.3. The van der Waals surface area contributed by atoms with Gasteiger partial charge in [-0.3, -0.25) is 9.11 Å². The number of hydrogen-bond acceptors (Lipinski definition) is 5. The molecule has 7 nitrogen and oxygen atoms in total. The molecule has 1 atom stereocenters. The van der Waals surface area contributed by atoms with Crippen molar-refractivity contribution in [2.75, 3.05) is 26.4 Å². The smallest absolute Gasteiger partial charge is 0.394 e. The van der Waals surface area contributed by atoms with Crippen LogP contribution < -0.4 is 0 Å². The SMILES string of the molecule is O=S(=O)(O)O.OCCOCC1CO1. The van der Waals surface area contributed by atoms with E-state index < -0.39 is 10.4 Å². The Morgan fingerprint density at radius 1 is 1.46 bits per heavy atom. The van der Waals surface area contributed by atoms with Gasteiger partial charge in [-0.15, -0.1) is 0 Å². The quantitative estimate of drug-likeness (QED) is 0.305. The molecule has 0 aromatic rings. The molecule has 0 radical (unpaired) electrons. The van der Waals surface area contributed by atoms with Gasteiger partial charge in [0.05, 0.1) is 26.4 Å². The number of epoxide rings is 1. The maximum Gasteiger partial charge on any atom is 0.394 e. The predicted octanol–water partition coefficient (Wildman–Crippen LogP) is -1.26. The Bertz CT molecular complexity index is 199. The molecule has 1 heterocycles. The topological polar surface area (TPSA) is 117 Å². The lowest BCUT2D eigenvalue weighted by atomic mass is 10.5. The molecule has 0 spiro atoms. The van der Waals surface area contributed by atoms with Crippen molar-refractivity contribution in [1.29, 1.82) is 0 Å². The summed E-state index contributed by atoms with van der Waals surface area (Å²) in [6, 6.07) is 0. The van der Waals surface area contributed by atoms with E-state index in [1.807, 2.05) is 0 Å². The summed E-state index contributed by atoms with van der Waals surface area (Å²) < 4.78 is 41.4. The Kier molecular flexibility index (Phi) is 6.12. The summed E-state index contributed by atoms with van der Waals surface area (Å²) in [5.74, 6) is 0. The molecule has 1 aliphatic heterocycles. The molecule has 0 aromatic heterocycles. The van der Waals surface area contributed by atoms with E-state index in [-0.39, 0.29) is 6.61 Å². The van der Waals surface area contributed by atoms with Gasteiger partial charge in [0.15, 0.2) is 0 Å². The van der Waals surface area contributed by atoms with Crippen molar-refractivity contribution >= 4 is 10.4 Å². The van der Waals surface area contributed by atoms with E-state index in [1.54, 1.807) is 0 Å². The van der Waals surface area contributed by atoms with Crippen molar-refractivity contribution < 1.29 is 32.1 Å². The zero-order valence-corrected chi connectivity index (χ0v) is 7.61. The van der Waals surface area contributed by atoms with Gasteiger partial charge in [-0.2, -0.15) is 8.42 Å². The summed E-state index contributed by atoms with van der Waals surface area (Å²) in [6.45, 7) is 2.00. The van der Waals surface area contributed by atoms with Crippen LogP contribution in [0.25, 0.3) is 0 Å². The van der Waals surface area contributed by atoms with Crippen LogP contribution in [0.3, 0.4) is 0 Å². The van der Waals surface area contributed by atoms with Crippen LogP contribution in [0, 0.1) is 0 Å². The minimum absolute atomic E-state index is 0.104.